The van der Waals surface area contributed by atoms with E-state index >= 15 is 0 Å². The Kier molecular flexibility index (Phi) is 4.69. The Hall–Kier alpha value is -2.70. The lowest BCUT2D eigenvalue weighted by Crippen LogP contribution is -2.36. The van der Waals surface area contributed by atoms with Gasteiger partial charge in [0.1, 0.15) is 12.2 Å². The van der Waals surface area contributed by atoms with E-state index in [9.17, 15) is 9.59 Å². The summed E-state index contributed by atoms with van der Waals surface area (Å²) in [4.78, 5) is 24.4. The first-order valence-corrected chi connectivity index (χ1v) is 8.47. The van der Waals surface area contributed by atoms with Crippen LogP contribution in [0.3, 0.4) is 0 Å². The number of benzene rings is 2. The molecule has 2 aliphatic heterocycles. The SMILES string of the molecule is O=C(O[C@H]1COC2C1OC[C@@H]2OC(=O)c1ccccc1)c1ccccc1. The van der Waals surface area contributed by atoms with Gasteiger partial charge in [0.05, 0.1) is 24.3 Å². The summed E-state index contributed by atoms with van der Waals surface area (Å²) in [6, 6.07) is 17.5. The van der Waals surface area contributed by atoms with Crippen LogP contribution >= 0.6 is 0 Å². The highest BCUT2D eigenvalue weighted by Gasteiger charge is 2.51. The summed E-state index contributed by atoms with van der Waals surface area (Å²) in [5, 5.41) is 0. The van der Waals surface area contributed by atoms with Gasteiger partial charge in [-0.15, -0.1) is 0 Å². The molecule has 2 aromatic carbocycles. The molecule has 4 atom stereocenters. The van der Waals surface area contributed by atoms with Crippen LogP contribution in [0, 0.1) is 0 Å². The van der Waals surface area contributed by atoms with Crippen LogP contribution in [-0.4, -0.2) is 49.6 Å². The summed E-state index contributed by atoms with van der Waals surface area (Å²) >= 11 is 0. The van der Waals surface area contributed by atoms with Gasteiger partial charge in [-0.1, -0.05) is 36.4 Å². The molecule has 0 saturated carbocycles. The highest BCUT2D eigenvalue weighted by molar-refractivity contribution is 5.90. The summed E-state index contributed by atoms with van der Waals surface area (Å²) in [5.41, 5.74) is 0.946. The normalized spacial score (nSPS) is 26.9. The fraction of sp³-hybridized carbons (Fsp3) is 0.300. The largest absolute Gasteiger partial charge is 0.453 e. The van der Waals surface area contributed by atoms with Crippen molar-refractivity contribution in [1.29, 1.82) is 0 Å². The highest BCUT2D eigenvalue weighted by Crippen LogP contribution is 2.31. The Morgan fingerprint density at radius 3 is 1.46 bits per heavy atom. The molecule has 6 heteroatoms. The number of rotatable bonds is 4. The molecule has 2 aliphatic rings. The van der Waals surface area contributed by atoms with Crippen LogP contribution in [0.15, 0.2) is 60.7 Å². The molecule has 6 nitrogen and oxygen atoms in total. The first kappa shape index (κ1) is 16.8. The second-order valence-corrected chi connectivity index (χ2v) is 6.22. The second-order valence-electron chi connectivity index (χ2n) is 6.22. The van der Waals surface area contributed by atoms with Crippen LogP contribution in [0.25, 0.3) is 0 Å². The van der Waals surface area contributed by atoms with Crippen molar-refractivity contribution in [1.82, 2.24) is 0 Å². The Morgan fingerprint density at radius 2 is 1.08 bits per heavy atom. The van der Waals surface area contributed by atoms with Crippen LogP contribution in [-0.2, 0) is 18.9 Å². The van der Waals surface area contributed by atoms with E-state index in [1.165, 1.54) is 0 Å². The Balaban J connectivity index is 1.37. The van der Waals surface area contributed by atoms with Gasteiger partial charge in [0.25, 0.3) is 0 Å². The lowest BCUT2D eigenvalue weighted by Gasteiger charge is -2.17. The third-order valence-electron chi connectivity index (χ3n) is 4.50. The van der Waals surface area contributed by atoms with E-state index < -0.39 is 36.4 Å². The predicted octanol–water partition coefficient (Wildman–Crippen LogP) is 2.24. The van der Waals surface area contributed by atoms with Crippen LogP contribution in [0.1, 0.15) is 20.7 Å². The van der Waals surface area contributed by atoms with Gasteiger partial charge in [0, 0.05) is 0 Å². The van der Waals surface area contributed by atoms with Crippen molar-refractivity contribution >= 4 is 11.9 Å². The maximum Gasteiger partial charge on any atom is 0.338 e. The van der Waals surface area contributed by atoms with E-state index in [2.05, 4.69) is 0 Å². The molecular formula is C20H18O6. The van der Waals surface area contributed by atoms with Gasteiger partial charge in [-0.2, -0.15) is 0 Å². The van der Waals surface area contributed by atoms with Crippen molar-refractivity contribution in [2.75, 3.05) is 13.2 Å². The Morgan fingerprint density at radius 1 is 0.692 bits per heavy atom. The fourth-order valence-corrected chi connectivity index (χ4v) is 3.19. The van der Waals surface area contributed by atoms with Crippen molar-refractivity contribution < 1.29 is 28.5 Å². The van der Waals surface area contributed by atoms with E-state index in [-0.39, 0.29) is 13.2 Å². The van der Waals surface area contributed by atoms with Crippen molar-refractivity contribution in [3.8, 4) is 0 Å². The number of hydrogen-bond acceptors (Lipinski definition) is 6. The summed E-state index contributed by atoms with van der Waals surface area (Å²) < 4.78 is 22.4. The summed E-state index contributed by atoms with van der Waals surface area (Å²) in [6.45, 7) is 0.431. The van der Waals surface area contributed by atoms with Gasteiger partial charge in [-0.05, 0) is 24.3 Å². The number of hydrogen-bond donors (Lipinski definition) is 0. The van der Waals surface area contributed by atoms with Crippen molar-refractivity contribution in [2.24, 2.45) is 0 Å². The minimum Gasteiger partial charge on any atom is -0.453 e. The molecule has 4 rings (SSSR count). The molecule has 0 spiro atoms. The first-order valence-electron chi connectivity index (χ1n) is 8.47. The van der Waals surface area contributed by atoms with Crippen LogP contribution < -0.4 is 0 Å². The third kappa shape index (κ3) is 3.34. The molecule has 2 saturated heterocycles. The van der Waals surface area contributed by atoms with E-state index in [0.717, 1.165) is 0 Å². The molecule has 0 N–H and O–H groups in total. The molecule has 0 aromatic heterocycles. The predicted molar refractivity (Wildman–Crippen MR) is 90.8 cm³/mol. The van der Waals surface area contributed by atoms with E-state index in [1.54, 1.807) is 48.5 Å². The number of fused-ring (bicyclic) bond motifs is 1. The zero-order chi connectivity index (χ0) is 17.9. The number of esters is 2. The average Bonchev–Trinajstić information content (AvgIpc) is 3.27. The fourth-order valence-electron chi connectivity index (χ4n) is 3.19. The van der Waals surface area contributed by atoms with Crippen LogP contribution in [0.4, 0.5) is 0 Å². The molecule has 134 valence electrons. The maximum absolute atomic E-state index is 12.2. The van der Waals surface area contributed by atoms with E-state index in [1.807, 2.05) is 12.1 Å². The van der Waals surface area contributed by atoms with E-state index in [4.69, 9.17) is 18.9 Å². The van der Waals surface area contributed by atoms with Gasteiger partial charge in [0.15, 0.2) is 12.2 Å². The molecule has 0 aliphatic carbocycles. The summed E-state index contributed by atoms with van der Waals surface area (Å²) in [6.07, 6.45) is -1.91. The standard InChI is InChI=1S/C20H18O6/c21-19(13-7-3-1-4-8-13)25-15-11-23-18-16(12-24-17(15)18)26-20(22)14-9-5-2-6-10-14/h1-10,15-18H,11-12H2/t15-,16-,17?,18?/m0/s1. The molecule has 26 heavy (non-hydrogen) atoms. The molecule has 2 aromatic rings. The van der Waals surface area contributed by atoms with Gasteiger partial charge in [0.2, 0.25) is 0 Å². The van der Waals surface area contributed by atoms with Crippen molar-refractivity contribution in [2.45, 2.75) is 24.4 Å². The maximum atomic E-state index is 12.2. The van der Waals surface area contributed by atoms with Gasteiger partial charge >= 0.3 is 11.9 Å². The second kappa shape index (κ2) is 7.27. The minimum atomic E-state index is -0.520. The van der Waals surface area contributed by atoms with Crippen molar-refractivity contribution in [3.05, 3.63) is 71.8 Å². The van der Waals surface area contributed by atoms with Gasteiger partial charge in [-0.25, -0.2) is 9.59 Å². The highest BCUT2D eigenvalue weighted by atomic mass is 16.7. The number of carbonyl (C=O) groups is 2. The van der Waals surface area contributed by atoms with Gasteiger partial charge in [-0.3, -0.25) is 0 Å². The van der Waals surface area contributed by atoms with Crippen molar-refractivity contribution in [3.63, 3.8) is 0 Å². The van der Waals surface area contributed by atoms with Gasteiger partial charge < -0.3 is 18.9 Å². The zero-order valence-electron chi connectivity index (χ0n) is 13.9. The monoisotopic (exact) mass is 354 g/mol. The Labute approximate surface area is 150 Å². The van der Waals surface area contributed by atoms with Crippen LogP contribution in [0.5, 0.6) is 0 Å². The lowest BCUT2D eigenvalue weighted by atomic mass is 10.1. The molecule has 2 fully saturated rings. The molecule has 0 radical (unpaired) electrons. The smallest absolute Gasteiger partial charge is 0.338 e. The molecular weight excluding hydrogens is 336 g/mol. The van der Waals surface area contributed by atoms with Crippen LogP contribution in [0.2, 0.25) is 0 Å². The Bertz CT molecular complexity index is 708. The molecule has 2 heterocycles. The summed E-state index contributed by atoms with van der Waals surface area (Å²) in [7, 11) is 0. The number of carbonyl (C=O) groups excluding carboxylic acids is 2. The first-order chi connectivity index (χ1) is 12.7. The quantitative estimate of drug-likeness (QED) is 0.784. The molecule has 0 bridgehead atoms. The lowest BCUT2D eigenvalue weighted by molar-refractivity contribution is -0.0287. The molecule has 0 amide bonds. The third-order valence-corrected chi connectivity index (χ3v) is 4.50. The minimum absolute atomic E-state index is 0.216. The average molecular weight is 354 g/mol. The molecule has 2 unspecified atom stereocenters. The zero-order valence-corrected chi connectivity index (χ0v) is 13.9. The number of ether oxygens (including phenoxy) is 4. The van der Waals surface area contributed by atoms with E-state index in [0.29, 0.717) is 11.1 Å². The topological polar surface area (TPSA) is 71.1 Å². The summed E-state index contributed by atoms with van der Waals surface area (Å²) in [5.74, 6) is -0.846.